The van der Waals surface area contributed by atoms with E-state index in [1.54, 1.807) is 27.2 Å². The molecule has 2 aromatic carbocycles. The van der Waals surface area contributed by atoms with Crippen molar-refractivity contribution < 1.29 is 19.0 Å². The number of hydrogen-bond donors (Lipinski definition) is 0. The van der Waals surface area contributed by atoms with E-state index in [-0.39, 0.29) is 12.4 Å². The Bertz CT molecular complexity index is 1030. The molecule has 0 amide bonds. The second-order valence-electron chi connectivity index (χ2n) is 7.22. The van der Waals surface area contributed by atoms with E-state index < -0.39 is 11.6 Å². The van der Waals surface area contributed by atoms with Crippen molar-refractivity contribution in [3.05, 3.63) is 52.5 Å². The second kappa shape index (κ2) is 7.72. The third-order valence-electron chi connectivity index (χ3n) is 5.62. The molecule has 1 unspecified atom stereocenters. The largest absolute Gasteiger partial charge is 0.493 e. The maximum Gasteiger partial charge on any atom is 0.376 e. The lowest BCUT2D eigenvalue weighted by Gasteiger charge is -2.46. The van der Waals surface area contributed by atoms with Gasteiger partial charge in [0.1, 0.15) is 0 Å². The first kappa shape index (κ1) is 20.3. The molecule has 4 rings (SSSR count). The number of carbonyl (C=O) groups is 1. The molecular weight excluding hydrogens is 406 g/mol. The van der Waals surface area contributed by atoms with Crippen LogP contribution in [0.4, 0.5) is 5.69 Å². The molecule has 0 fully saturated rings. The molecule has 30 heavy (non-hydrogen) atoms. The first-order valence-corrected chi connectivity index (χ1v) is 10.2. The van der Waals surface area contributed by atoms with Crippen molar-refractivity contribution in [2.45, 2.75) is 25.9 Å². The maximum atomic E-state index is 12.7. The van der Waals surface area contributed by atoms with E-state index in [0.29, 0.717) is 23.1 Å². The Kier molecular flexibility index (Phi) is 5.24. The van der Waals surface area contributed by atoms with Crippen LogP contribution in [0.5, 0.6) is 11.5 Å². The van der Waals surface area contributed by atoms with Gasteiger partial charge in [0.25, 0.3) is 0 Å². The molecule has 0 saturated heterocycles. The number of amidine groups is 1. The summed E-state index contributed by atoms with van der Waals surface area (Å²) in [5.41, 5.74) is 2.10. The Morgan fingerprint density at radius 1 is 1.20 bits per heavy atom. The topological polar surface area (TPSA) is 63.6 Å². The SMILES string of the molecule is CCOC(=O)C1=NN(c2cccc(Cl)c2)C2(C)c3cc(OC)c(OC)cc3CCN12. The highest BCUT2D eigenvalue weighted by Crippen LogP contribution is 2.48. The summed E-state index contributed by atoms with van der Waals surface area (Å²) in [6.07, 6.45) is 0.729. The van der Waals surface area contributed by atoms with Crippen LogP contribution < -0.4 is 14.5 Å². The molecule has 0 saturated carbocycles. The predicted molar refractivity (Wildman–Crippen MR) is 115 cm³/mol. The Labute approximate surface area is 180 Å². The third kappa shape index (κ3) is 3.04. The van der Waals surface area contributed by atoms with Gasteiger partial charge in [0.15, 0.2) is 17.2 Å². The summed E-state index contributed by atoms with van der Waals surface area (Å²) in [5, 5.41) is 7.12. The van der Waals surface area contributed by atoms with Crippen molar-refractivity contribution in [3.63, 3.8) is 0 Å². The van der Waals surface area contributed by atoms with Gasteiger partial charge in [-0.25, -0.2) is 9.80 Å². The van der Waals surface area contributed by atoms with Crippen molar-refractivity contribution in [1.82, 2.24) is 4.90 Å². The Balaban J connectivity index is 1.91. The van der Waals surface area contributed by atoms with Crippen LogP contribution in [0.3, 0.4) is 0 Å². The molecule has 8 heteroatoms. The number of carbonyl (C=O) groups excluding carboxylic acids is 1. The molecule has 2 aliphatic heterocycles. The summed E-state index contributed by atoms with van der Waals surface area (Å²) >= 11 is 6.26. The van der Waals surface area contributed by atoms with Gasteiger partial charge in [0.05, 0.1) is 26.5 Å². The average molecular weight is 430 g/mol. The van der Waals surface area contributed by atoms with E-state index in [9.17, 15) is 4.79 Å². The van der Waals surface area contributed by atoms with Crippen LogP contribution in [-0.2, 0) is 21.6 Å². The molecule has 0 N–H and O–H groups in total. The van der Waals surface area contributed by atoms with Crippen LogP contribution >= 0.6 is 11.6 Å². The van der Waals surface area contributed by atoms with Gasteiger partial charge >= 0.3 is 5.97 Å². The fraction of sp³-hybridized carbons (Fsp3) is 0.364. The van der Waals surface area contributed by atoms with E-state index in [1.165, 1.54) is 0 Å². The van der Waals surface area contributed by atoms with Crippen LogP contribution in [0.25, 0.3) is 0 Å². The molecule has 2 aromatic rings. The van der Waals surface area contributed by atoms with Gasteiger partial charge in [-0.2, -0.15) is 0 Å². The highest BCUT2D eigenvalue weighted by Gasteiger charge is 2.52. The summed E-state index contributed by atoms with van der Waals surface area (Å²) in [6.45, 7) is 4.70. The standard InChI is InChI=1S/C22H24ClN3O4/c1-5-30-21(27)20-24-26(16-8-6-7-15(23)12-16)22(2)17-13-19(29-4)18(28-3)11-14(17)9-10-25(20)22/h6-8,11-13H,5,9-10H2,1-4H3. The van der Waals surface area contributed by atoms with Crippen molar-refractivity contribution in [2.24, 2.45) is 5.10 Å². The number of anilines is 1. The Morgan fingerprint density at radius 2 is 1.93 bits per heavy atom. The van der Waals surface area contributed by atoms with E-state index in [0.717, 1.165) is 23.2 Å². The van der Waals surface area contributed by atoms with E-state index in [2.05, 4.69) is 0 Å². The van der Waals surface area contributed by atoms with Crippen molar-refractivity contribution >= 4 is 29.1 Å². The van der Waals surface area contributed by atoms with Crippen LogP contribution in [-0.4, -0.2) is 44.1 Å². The number of methoxy groups -OCH3 is 2. The molecule has 2 aliphatic rings. The van der Waals surface area contributed by atoms with Crippen molar-refractivity contribution in [2.75, 3.05) is 32.4 Å². The Hall–Kier alpha value is -2.93. The van der Waals surface area contributed by atoms with Crippen LogP contribution in [0.2, 0.25) is 5.02 Å². The predicted octanol–water partition coefficient (Wildman–Crippen LogP) is 3.78. The lowest BCUT2D eigenvalue weighted by Crippen LogP contribution is -2.55. The number of hydrogen-bond acceptors (Lipinski definition) is 7. The van der Waals surface area contributed by atoms with Gasteiger partial charge in [-0.1, -0.05) is 17.7 Å². The van der Waals surface area contributed by atoms with Crippen LogP contribution in [0.1, 0.15) is 25.0 Å². The quantitative estimate of drug-likeness (QED) is 0.674. The zero-order chi connectivity index (χ0) is 21.5. The molecule has 0 aliphatic carbocycles. The fourth-order valence-electron chi connectivity index (χ4n) is 4.21. The second-order valence-corrected chi connectivity index (χ2v) is 7.66. The highest BCUT2D eigenvalue weighted by atomic mass is 35.5. The van der Waals surface area contributed by atoms with Gasteiger partial charge in [0, 0.05) is 17.1 Å². The summed E-state index contributed by atoms with van der Waals surface area (Å²) in [6, 6.07) is 11.4. The molecule has 1 atom stereocenters. The molecule has 0 aromatic heterocycles. The molecule has 0 spiro atoms. The first-order chi connectivity index (χ1) is 14.4. The summed E-state index contributed by atoms with van der Waals surface area (Å²) in [5.74, 6) is 1.12. The van der Waals surface area contributed by atoms with E-state index in [1.807, 2.05) is 47.2 Å². The summed E-state index contributed by atoms with van der Waals surface area (Å²) in [7, 11) is 3.23. The number of hydrazone groups is 1. The lowest BCUT2D eigenvalue weighted by molar-refractivity contribution is -0.136. The number of nitrogens with zero attached hydrogens (tertiary/aromatic N) is 3. The smallest absolute Gasteiger partial charge is 0.376 e. The number of esters is 1. The molecule has 0 bridgehead atoms. The Morgan fingerprint density at radius 3 is 2.60 bits per heavy atom. The zero-order valence-corrected chi connectivity index (χ0v) is 18.2. The normalized spacial score (nSPS) is 19.7. The summed E-state index contributed by atoms with van der Waals surface area (Å²) < 4.78 is 16.3. The molecule has 2 heterocycles. The minimum Gasteiger partial charge on any atom is -0.493 e. The zero-order valence-electron chi connectivity index (χ0n) is 17.4. The highest BCUT2D eigenvalue weighted by molar-refractivity contribution is 6.36. The maximum absolute atomic E-state index is 12.7. The van der Waals surface area contributed by atoms with Gasteiger partial charge in [-0.3, -0.25) is 0 Å². The monoisotopic (exact) mass is 429 g/mol. The van der Waals surface area contributed by atoms with Crippen LogP contribution in [0.15, 0.2) is 41.5 Å². The van der Waals surface area contributed by atoms with Gasteiger partial charge in [-0.15, -0.1) is 5.10 Å². The number of fused-ring (bicyclic) bond motifs is 3. The molecule has 0 radical (unpaired) electrons. The number of benzene rings is 2. The van der Waals surface area contributed by atoms with Gasteiger partial charge in [0.2, 0.25) is 5.84 Å². The number of halogens is 1. The van der Waals surface area contributed by atoms with Crippen molar-refractivity contribution in [1.29, 1.82) is 0 Å². The number of rotatable bonds is 5. The van der Waals surface area contributed by atoms with Crippen molar-refractivity contribution in [3.8, 4) is 11.5 Å². The number of ether oxygens (including phenoxy) is 3. The molecule has 158 valence electrons. The minimum absolute atomic E-state index is 0.278. The van der Waals surface area contributed by atoms with Crippen LogP contribution in [0, 0.1) is 0 Å². The molecular formula is C22H24ClN3O4. The third-order valence-corrected chi connectivity index (χ3v) is 5.86. The van der Waals surface area contributed by atoms with Gasteiger partial charge in [-0.05, 0) is 56.2 Å². The first-order valence-electron chi connectivity index (χ1n) is 9.78. The van der Waals surface area contributed by atoms with E-state index >= 15 is 0 Å². The minimum atomic E-state index is -0.764. The average Bonchev–Trinajstić information content (AvgIpc) is 3.06. The van der Waals surface area contributed by atoms with Gasteiger partial charge < -0.3 is 19.1 Å². The summed E-state index contributed by atoms with van der Waals surface area (Å²) in [4.78, 5) is 14.7. The lowest BCUT2D eigenvalue weighted by atomic mass is 9.87. The molecule has 7 nitrogen and oxygen atoms in total. The van der Waals surface area contributed by atoms with E-state index in [4.69, 9.17) is 30.9 Å². The fourth-order valence-corrected chi connectivity index (χ4v) is 4.40.